The van der Waals surface area contributed by atoms with Crippen LogP contribution in [-0.2, 0) is 11.3 Å². The molecule has 1 atom stereocenters. The summed E-state index contributed by atoms with van der Waals surface area (Å²) in [6.45, 7) is 4.70. The molecule has 1 aliphatic heterocycles. The lowest BCUT2D eigenvalue weighted by Crippen LogP contribution is -2.45. The molecule has 7 nitrogen and oxygen atoms in total. The molecule has 0 spiro atoms. The van der Waals surface area contributed by atoms with Crippen LogP contribution in [0.4, 0.5) is 5.69 Å². The van der Waals surface area contributed by atoms with E-state index in [4.69, 9.17) is 10.5 Å². The summed E-state index contributed by atoms with van der Waals surface area (Å²) in [4.78, 5) is 17.6. The number of aryl methyl sites for hydroxylation is 1. The van der Waals surface area contributed by atoms with E-state index in [1.54, 1.807) is 6.20 Å². The highest BCUT2D eigenvalue weighted by Crippen LogP contribution is 2.22. The highest BCUT2D eigenvalue weighted by molar-refractivity contribution is 5.98. The minimum Gasteiger partial charge on any atom is -0.373 e. The second kappa shape index (κ2) is 6.15. The molecule has 3 rings (SSSR count). The Kier molecular flexibility index (Phi) is 4.06. The number of nitrogens with zero attached hydrogens (tertiary/aromatic N) is 4. The third-order valence-corrected chi connectivity index (χ3v) is 3.70. The van der Waals surface area contributed by atoms with Gasteiger partial charge < -0.3 is 15.4 Å². The maximum Gasteiger partial charge on any atom is 0.252 e. The van der Waals surface area contributed by atoms with E-state index in [0.717, 1.165) is 17.8 Å². The second-order valence-corrected chi connectivity index (χ2v) is 5.44. The molecule has 1 saturated heterocycles. The Morgan fingerprint density at radius 2 is 2.36 bits per heavy atom. The summed E-state index contributed by atoms with van der Waals surface area (Å²) in [5, 5.41) is 4.29. The van der Waals surface area contributed by atoms with Crippen molar-refractivity contribution in [3.05, 3.63) is 42.0 Å². The number of aromatic nitrogens is 3. The first-order chi connectivity index (χ1) is 10.6. The molecule has 116 valence electrons. The van der Waals surface area contributed by atoms with E-state index in [1.807, 2.05) is 30.1 Å². The molecule has 0 saturated carbocycles. The van der Waals surface area contributed by atoms with Crippen LogP contribution in [0.5, 0.6) is 0 Å². The SMILES string of the molecule is Cc1cnn(CC2CN(c3ccncc3C(N)=O)CCO2)c1. The van der Waals surface area contributed by atoms with Gasteiger partial charge in [0.25, 0.3) is 5.91 Å². The van der Waals surface area contributed by atoms with Crippen LogP contribution in [0, 0.1) is 6.92 Å². The molecule has 0 radical (unpaired) electrons. The van der Waals surface area contributed by atoms with Crippen LogP contribution in [0.25, 0.3) is 0 Å². The predicted molar refractivity (Wildman–Crippen MR) is 81.7 cm³/mol. The van der Waals surface area contributed by atoms with Crippen molar-refractivity contribution in [1.82, 2.24) is 14.8 Å². The molecule has 0 aliphatic carbocycles. The summed E-state index contributed by atoms with van der Waals surface area (Å²) in [5.41, 5.74) is 7.81. The van der Waals surface area contributed by atoms with Crippen LogP contribution < -0.4 is 10.6 Å². The van der Waals surface area contributed by atoms with Gasteiger partial charge in [-0.3, -0.25) is 14.5 Å². The number of amides is 1. The molecule has 0 aromatic carbocycles. The number of morpholine rings is 1. The molecule has 1 unspecified atom stereocenters. The second-order valence-electron chi connectivity index (χ2n) is 5.44. The molecule has 1 amide bonds. The number of ether oxygens (including phenoxy) is 1. The number of carbonyl (C=O) groups is 1. The lowest BCUT2D eigenvalue weighted by atomic mass is 10.1. The van der Waals surface area contributed by atoms with Crippen molar-refractivity contribution in [1.29, 1.82) is 0 Å². The number of nitrogens with two attached hydrogens (primary N) is 1. The van der Waals surface area contributed by atoms with Gasteiger partial charge in [0.2, 0.25) is 0 Å². The molecular formula is C15H19N5O2. The van der Waals surface area contributed by atoms with Gasteiger partial charge in [-0.2, -0.15) is 5.10 Å². The number of hydrogen-bond donors (Lipinski definition) is 1. The molecule has 2 aromatic heterocycles. The number of carbonyl (C=O) groups excluding carboxylic acids is 1. The van der Waals surface area contributed by atoms with Gasteiger partial charge in [-0.05, 0) is 18.6 Å². The quantitative estimate of drug-likeness (QED) is 0.893. The molecule has 0 bridgehead atoms. The maximum atomic E-state index is 11.5. The van der Waals surface area contributed by atoms with Crippen molar-refractivity contribution in [2.24, 2.45) is 5.73 Å². The van der Waals surface area contributed by atoms with E-state index < -0.39 is 5.91 Å². The van der Waals surface area contributed by atoms with E-state index in [2.05, 4.69) is 15.0 Å². The van der Waals surface area contributed by atoms with Gasteiger partial charge >= 0.3 is 0 Å². The Bertz CT molecular complexity index is 669. The van der Waals surface area contributed by atoms with E-state index >= 15 is 0 Å². The summed E-state index contributed by atoms with van der Waals surface area (Å²) in [6, 6.07) is 1.82. The van der Waals surface area contributed by atoms with Gasteiger partial charge in [-0.1, -0.05) is 0 Å². The fourth-order valence-electron chi connectivity index (χ4n) is 2.68. The van der Waals surface area contributed by atoms with Crippen LogP contribution in [0.3, 0.4) is 0 Å². The van der Waals surface area contributed by atoms with Crippen molar-refractivity contribution >= 4 is 11.6 Å². The minimum atomic E-state index is -0.464. The lowest BCUT2D eigenvalue weighted by molar-refractivity contribution is 0.0273. The average Bonchev–Trinajstić information content (AvgIpc) is 2.92. The number of rotatable bonds is 4. The fraction of sp³-hybridized carbons (Fsp3) is 0.400. The zero-order valence-corrected chi connectivity index (χ0v) is 12.5. The summed E-state index contributed by atoms with van der Waals surface area (Å²) in [7, 11) is 0. The van der Waals surface area contributed by atoms with E-state index in [1.165, 1.54) is 6.20 Å². The zero-order valence-electron chi connectivity index (χ0n) is 12.5. The highest BCUT2D eigenvalue weighted by Gasteiger charge is 2.24. The largest absolute Gasteiger partial charge is 0.373 e. The first-order valence-corrected chi connectivity index (χ1v) is 7.23. The van der Waals surface area contributed by atoms with Gasteiger partial charge in [0.1, 0.15) is 0 Å². The Morgan fingerprint density at radius 3 is 3.09 bits per heavy atom. The van der Waals surface area contributed by atoms with Crippen molar-refractivity contribution in [2.45, 2.75) is 19.6 Å². The first-order valence-electron chi connectivity index (χ1n) is 7.23. The van der Waals surface area contributed by atoms with Gasteiger partial charge in [0.15, 0.2) is 0 Å². The van der Waals surface area contributed by atoms with Crippen molar-refractivity contribution in [2.75, 3.05) is 24.6 Å². The van der Waals surface area contributed by atoms with Crippen LogP contribution in [0.2, 0.25) is 0 Å². The van der Waals surface area contributed by atoms with Gasteiger partial charge in [0.05, 0.1) is 36.7 Å². The topological polar surface area (TPSA) is 86.3 Å². The van der Waals surface area contributed by atoms with Crippen LogP contribution in [-0.4, -0.2) is 46.5 Å². The van der Waals surface area contributed by atoms with E-state index in [-0.39, 0.29) is 6.10 Å². The molecule has 3 heterocycles. The molecule has 1 fully saturated rings. The van der Waals surface area contributed by atoms with Crippen molar-refractivity contribution in [3.63, 3.8) is 0 Å². The number of hydrogen-bond acceptors (Lipinski definition) is 5. The fourth-order valence-corrected chi connectivity index (χ4v) is 2.68. The average molecular weight is 301 g/mol. The maximum absolute atomic E-state index is 11.5. The smallest absolute Gasteiger partial charge is 0.252 e. The molecule has 2 N–H and O–H groups in total. The summed E-state index contributed by atoms with van der Waals surface area (Å²) in [6.07, 6.45) is 7.02. The van der Waals surface area contributed by atoms with Crippen LogP contribution in [0.1, 0.15) is 15.9 Å². The summed E-state index contributed by atoms with van der Waals surface area (Å²) >= 11 is 0. The summed E-state index contributed by atoms with van der Waals surface area (Å²) < 4.78 is 7.69. The Labute approximate surface area is 128 Å². The Hall–Kier alpha value is -2.41. The Morgan fingerprint density at radius 1 is 1.50 bits per heavy atom. The molecular weight excluding hydrogens is 282 g/mol. The normalized spacial score (nSPS) is 18.4. The van der Waals surface area contributed by atoms with Gasteiger partial charge in [0, 0.05) is 31.7 Å². The lowest BCUT2D eigenvalue weighted by Gasteiger charge is -2.35. The molecule has 22 heavy (non-hydrogen) atoms. The minimum absolute atomic E-state index is 0.0157. The van der Waals surface area contributed by atoms with Crippen molar-refractivity contribution in [3.8, 4) is 0 Å². The first kappa shape index (κ1) is 14.5. The predicted octanol–water partition coefficient (Wildman–Crippen LogP) is 0.591. The third-order valence-electron chi connectivity index (χ3n) is 3.70. The highest BCUT2D eigenvalue weighted by atomic mass is 16.5. The van der Waals surface area contributed by atoms with Crippen LogP contribution in [0.15, 0.2) is 30.9 Å². The number of pyridine rings is 1. The van der Waals surface area contributed by atoms with E-state index in [0.29, 0.717) is 25.3 Å². The Balaban J connectivity index is 1.74. The monoisotopic (exact) mass is 301 g/mol. The summed E-state index contributed by atoms with van der Waals surface area (Å²) in [5.74, 6) is -0.464. The molecule has 2 aromatic rings. The number of anilines is 1. The standard InChI is InChI=1S/C15H19N5O2/c1-11-6-18-20(8-11)10-12-9-19(4-5-22-12)14-2-3-17-7-13(14)15(16)21/h2-3,6-8,12H,4-5,9-10H2,1H3,(H2,16,21). The van der Waals surface area contributed by atoms with Gasteiger partial charge in [-0.15, -0.1) is 0 Å². The van der Waals surface area contributed by atoms with E-state index in [9.17, 15) is 4.79 Å². The zero-order chi connectivity index (χ0) is 15.5. The molecule has 1 aliphatic rings. The van der Waals surface area contributed by atoms with Gasteiger partial charge in [-0.25, -0.2) is 0 Å². The third kappa shape index (κ3) is 3.09. The van der Waals surface area contributed by atoms with Crippen LogP contribution >= 0.6 is 0 Å². The van der Waals surface area contributed by atoms with Crippen molar-refractivity contribution < 1.29 is 9.53 Å². The number of primary amides is 1. The molecule has 7 heteroatoms.